The third-order valence-electron chi connectivity index (χ3n) is 3.45. The highest BCUT2D eigenvalue weighted by Gasteiger charge is 2.28. The summed E-state index contributed by atoms with van der Waals surface area (Å²) in [6.07, 6.45) is 1.70. The summed E-state index contributed by atoms with van der Waals surface area (Å²) in [5.74, 6) is -0.713. The largest absolute Gasteiger partial charge is 0.481 e. The van der Waals surface area contributed by atoms with E-state index in [1.807, 2.05) is 13.8 Å². The lowest BCUT2D eigenvalue weighted by molar-refractivity contribution is -0.138. The average molecular weight is 307 g/mol. The molecule has 1 rings (SSSR count). The number of ether oxygens (including phenoxy) is 1. The minimum absolute atomic E-state index is 0.00548. The van der Waals surface area contributed by atoms with Gasteiger partial charge in [0.25, 0.3) is 0 Å². The van der Waals surface area contributed by atoms with Gasteiger partial charge in [0, 0.05) is 26.2 Å². The zero-order valence-electron chi connectivity index (χ0n) is 12.2. The van der Waals surface area contributed by atoms with E-state index in [0.717, 1.165) is 0 Å². The maximum Gasteiger partial charge on any atom is 0.303 e. The zero-order chi connectivity index (χ0) is 15.2. The Morgan fingerprint density at radius 3 is 2.45 bits per heavy atom. The lowest BCUT2D eigenvalue weighted by Crippen LogP contribution is -2.40. The quantitative estimate of drug-likeness (QED) is 0.703. The number of hydrogen-bond acceptors (Lipinski definition) is 4. The summed E-state index contributed by atoms with van der Waals surface area (Å²) in [5, 5.41) is 8.47. The van der Waals surface area contributed by atoms with Crippen molar-refractivity contribution in [1.82, 2.24) is 4.72 Å². The Morgan fingerprint density at radius 1 is 1.35 bits per heavy atom. The van der Waals surface area contributed by atoms with Gasteiger partial charge in [-0.15, -0.1) is 0 Å². The molecule has 0 radical (unpaired) electrons. The summed E-state index contributed by atoms with van der Waals surface area (Å²) >= 11 is 0. The van der Waals surface area contributed by atoms with E-state index in [1.165, 1.54) is 0 Å². The molecular formula is C13H25NO5S. The van der Waals surface area contributed by atoms with Crippen LogP contribution in [0.4, 0.5) is 0 Å². The number of carboxylic acids is 1. The molecule has 0 bridgehead atoms. The van der Waals surface area contributed by atoms with Crippen LogP contribution in [0.1, 0.15) is 39.5 Å². The molecule has 0 spiro atoms. The van der Waals surface area contributed by atoms with Crippen LogP contribution >= 0.6 is 0 Å². The van der Waals surface area contributed by atoms with Gasteiger partial charge >= 0.3 is 5.97 Å². The fourth-order valence-corrected chi connectivity index (χ4v) is 4.01. The molecule has 1 fully saturated rings. The van der Waals surface area contributed by atoms with Crippen LogP contribution in [0.3, 0.4) is 0 Å². The van der Waals surface area contributed by atoms with E-state index in [1.54, 1.807) is 0 Å². The topological polar surface area (TPSA) is 92.7 Å². The van der Waals surface area contributed by atoms with Crippen LogP contribution < -0.4 is 4.72 Å². The first kappa shape index (κ1) is 17.4. The molecular weight excluding hydrogens is 282 g/mol. The predicted molar refractivity (Wildman–Crippen MR) is 76.0 cm³/mol. The summed E-state index contributed by atoms with van der Waals surface area (Å²) in [4.78, 5) is 10.8. The average Bonchev–Trinajstić information content (AvgIpc) is 2.36. The zero-order valence-corrected chi connectivity index (χ0v) is 13.0. The Labute approximate surface area is 120 Å². The Kier molecular flexibility index (Phi) is 6.91. The number of hydrogen-bond donors (Lipinski definition) is 2. The van der Waals surface area contributed by atoms with E-state index in [9.17, 15) is 13.2 Å². The van der Waals surface area contributed by atoms with Crippen LogP contribution in [0, 0.1) is 11.8 Å². The molecule has 6 nitrogen and oxygen atoms in total. The Morgan fingerprint density at radius 2 is 1.95 bits per heavy atom. The van der Waals surface area contributed by atoms with Gasteiger partial charge in [0.1, 0.15) is 0 Å². The molecule has 20 heavy (non-hydrogen) atoms. The molecule has 0 aromatic heterocycles. The lowest BCUT2D eigenvalue weighted by Gasteiger charge is -2.24. The van der Waals surface area contributed by atoms with E-state index in [0.29, 0.717) is 38.4 Å². The molecule has 2 N–H and O–H groups in total. The predicted octanol–water partition coefficient (Wildman–Crippen LogP) is 1.22. The van der Waals surface area contributed by atoms with Crippen molar-refractivity contribution in [2.75, 3.05) is 19.8 Å². The van der Waals surface area contributed by atoms with Crippen molar-refractivity contribution in [1.29, 1.82) is 0 Å². The first-order chi connectivity index (χ1) is 9.31. The molecule has 7 heteroatoms. The molecule has 1 atom stereocenters. The SMILES string of the molecule is CC(C)C[C@H](CNS(=O)(=O)C1CCOCC1)CC(=O)O. The third kappa shape index (κ3) is 6.19. The first-order valence-corrected chi connectivity index (χ1v) is 8.64. The van der Waals surface area contributed by atoms with Crippen molar-refractivity contribution in [2.45, 2.75) is 44.8 Å². The van der Waals surface area contributed by atoms with Crippen molar-refractivity contribution in [3.05, 3.63) is 0 Å². The van der Waals surface area contributed by atoms with Crippen molar-refractivity contribution in [3.8, 4) is 0 Å². The van der Waals surface area contributed by atoms with Gasteiger partial charge in [-0.05, 0) is 31.1 Å². The van der Waals surface area contributed by atoms with E-state index in [-0.39, 0.29) is 18.9 Å². The third-order valence-corrected chi connectivity index (χ3v) is 5.37. The highest BCUT2D eigenvalue weighted by molar-refractivity contribution is 7.90. The number of carbonyl (C=O) groups is 1. The van der Waals surface area contributed by atoms with E-state index in [4.69, 9.17) is 9.84 Å². The van der Waals surface area contributed by atoms with Gasteiger partial charge in [-0.3, -0.25) is 4.79 Å². The number of rotatable bonds is 8. The van der Waals surface area contributed by atoms with Gasteiger partial charge in [0.05, 0.1) is 5.25 Å². The van der Waals surface area contributed by atoms with E-state index >= 15 is 0 Å². The van der Waals surface area contributed by atoms with Gasteiger partial charge in [0.2, 0.25) is 10.0 Å². The lowest BCUT2D eigenvalue weighted by atomic mass is 9.94. The van der Waals surface area contributed by atoms with Crippen molar-refractivity contribution >= 4 is 16.0 Å². The maximum atomic E-state index is 12.1. The minimum atomic E-state index is -3.37. The van der Waals surface area contributed by atoms with Crippen LogP contribution in [-0.4, -0.2) is 44.5 Å². The second-order valence-corrected chi connectivity index (χ2v) is 7.84. The number of aliphatic carboxylic acids is 1. The van der Waals surface area contributed by atoms with Crippen molar-refractivity contribution < 1.29 is 23.1 Å². The summed E-state index contributed by atoms with van der Waals surface area (Å²) < 4.78 is 32.0. The molecule has 0 aliphatic carbocycles. The van der Waals surface area contributed by atoms with Crippen LogP contribution in [0.5, 0.6) is 0 Å². The van der Waals surface area contributed by atoms with Crippen LogP contribution in [-0.2, 0) is 19.6 Å². The smallest absolute Gasteiger partial charge is 0.303 e. The molecule has 1 aliphatic rings. The minimum Gasteiger partial charge on any atom is -0.481 e. The molecule has 0 unspecified atom stereocenters. The normalized spacial score (nSPS) is 19.1. The summed E-state index contributed by atoms with van der Waals surface area (Å²) in [5.41, 5.74) is 0. The summed E-state index contributed by atoms with van der Waals surface area (Å²) in [6, 6.07) is 0. The Hall–Kier alpha value is -0.660. The Balaban J connectivity index is 2.53. The van der Waals surface area contributed by atoms with Crippen molar-refractivity contribution in [3.63, 3.8) is 0 Å². The summed E-state index contributed by atoms with van der Waals surface area (Å²) in [6.45, 7) is 5.14. The number of sulfonamides is 1. The highest BCUT2D eigenvalue weighted by atomic mass is 32.2. The molecule has 0 aromatic rings. The maximum absolute atomic E-state index is 12.1. The number of carboxylic acid groups (broad SMARTS) is 1. The molecule has 118 valence electrons. The van der Waals surface area contributed by atoms with Gasteiger partial charge < -0.3 is 9.84 Å². The van der Waals surface area contributed by atoms with E-state index < -0.39 is 21.2 Å². The van der Waals surface area contributed by atoms with Crippen molar-refractivity contribution in [2.24, 2.45) is 11.8 Å². The van der Waals surface area contributed by atoms with Gasteiger partial charge in [-0.1, -0.05) is 13.8 Å². The highest BCUT2D eigenvalue weighted by Crippen LogP contribution is 2.18. The molecule has 1 heterocycles. The second kappa shape index (κ2) is 7.95. The van der Waals surface area contributed by atoms with Crippen LogP contribution in [0.2, 0.25) is 0 Å². The molecule has 1 aliphatic heterocycles. The number of nitrogens with one attached hydrogen (secondary N) is 1. The summed E-state index contributed by atoms with van der Waals surface area (Å²) in [7, 11) is -3.37. The van der Waals surface area contributed by atoms with Gasteiger partial charge in [0.15, 0.2) is 0 Å². The van der Waals surface area contributed by atoms with E-state index in [2.05, 4.69) is 4.72 Å². The van der Waals surface area contributed by atoms with Gasteiger partial charge in [-0.2, -0.15) is 0 Å². The standard InChI is InChI=1S/C13H25NO5S/c1-10(2)7-11(8-13(15)16)9-14-20(17,18)12-3-5-19-6-4-12/h10-12,14H,3-9H2,1-2H3,(H,15,16)/t11-/m0/s1. The molecule has 1 saturated heterocycles. The fraction of sp³-hybridized carbons (Fsp3) is 0.923. The van der Waals surface area contributed by atoms with Crippen LogP contribution in [0.15, 0.2) is 0 Å². The molecule has 0 saturated carbocycles. The van der Waals surface area contributed by atoms with Crippen LogP contribution in [0.25, 0.3) is 0 Å². The van der Waals surface area contributed by atoms with Gasteiger partial charge in [-0.25, -0.2) is 13.1 Å². The Bertz CT molecular complexity index is 401. The molecule has 0 amide bonds. The fourth-order valence-electron chi connectivity index (χ4n) is 2.49. The second-order valence-electron chi connectivity index (χ2n) is 5.80. The first-order valence-electron chi connectivity index (χ1n) is 7.09. The monoisotopic (exact) mass is 307 g/mol. The molecule has 0 aromatic carbocycles.